The maximum Gasteiger partial charge on any atom is 0.331 e. The number of nitrogens with one attached hydrogen (secondary N) is 1. The minimum atomic E-state index is -0.847. The molecule has 0 atom stereocenters. The molecule has 1 heterocycles. The van der Waals surface area contributed by atoms with Crippen LogP contribution >= 0.6 is 0 Å². The molecule has 0 fully saturated rings. The number of hydrogen-bond acceptors (Lipinski definition) is 6. The van der Waals surface area contributed by atoms with Gasteiger partial charge < -0.3 is 15.4 Å². The lowest BCUT2D eigenvalue weighted by Crippen LogP contribution is -2.40. The van der Waals surface area contributed by atoms with Crippen LogP contribution in [0.5, 0.6) is 0 Å². The summed E-state index contributed by atoms with van der Waals surface area (Å²) in [5.41, 5.74) is 5.58. The number of esters is 1. The SMILES string of the molecule is CN(C(=O)COC(=O)/C=C/c1ccc(F)cc1)c1c(N)n(Cc2ccccc2)c(=O)[nH]c1=O. The fourth-order valence-electron chi connectivity index (χ4n) is 2.97. The molecule has 170 valence electrons. The Bertz CT molecular complexity index is 1300. The Labute approximate surface area is 187 Å². The molecular formula is C23H21FN4O5. The standard InChI is InChI=1S/C23H21FN4O5/c1-27(18(29)14-33-19(30)12-9-15-7-10-17(24)11-8-15)20-21(25)28(23(32)26-22(20)31)13-16-5-3-2-4-6-16/h2-12H,13-14,25H2,1H3,(H,26,31,32)/b12-9+. The number of aromatic amines is 1. The second-order valence-electron chi connectivity index (χ2n) is 7.01. The van der Waals surface area contributed by atoms with Gasteiger partial charge in [0.2, 0.25) is 0 Å². The maximum absolute atomic E-state index is 12.9. The third kappa shape index (κ3) is 5.82. The minimum Gasteiger partial charge on any atom is -0.452 e. The average Bonchev–Trinajstić information content (AvgIpc) is 2.80. The van der Waals surface area contributed by atoms with Crippen LogP contribution in [0.15, 0.2) is 70.3 Å². The van der Waals surface area contributed by atoms with E-state index in [1.165, 1.54) is 37.4 Å². The Morgan fingerprint density at radius 1 is 1.12 bits per heavy atom. The number of nitrogen functional groups attached to an aromatic ring is 1. The van der Waals surface area contributed by atoms with Gasteiger partial charge in [-0.15, -0.1) is 0 Å². The summed E-state index contributed by atoms with van der Waals surface area (Å²) in [7, 11) is 1.28. The molecule has 1 amide bonds. The smallest absolute Gasteiger partial charge is 0.331 e. The number of ether oxygens (including phenoxy) is 1. The maximum atomic E-state index is 12.9. The van der Waals surface area contributed by atoms with Gasteiger partial charge in [-0.1, -0.05) is 42.5 Å². The van der Waals surface area contributed by atoms with Crippen LogP contribution in [0.1, 0.15) is 11.1 Å². The van der Waals surface area contributed by atoms with Crippen LogP contribution in [0.4, 0.5) is 15.9 Å². The number of carbonyl (C=O) groups is 2. The number of nitrogens with two attached hydrogens (primary N) is 1. The van der Waals surface area contributed by atoms with E-state index in [2.05, 4.69) is 4.98 Å². The van der Waals surface area contributed by atoms with Gasteiger partial charge >= 0.3 is 11.7 Å². The summed E-state index contributed by atoms with van der Waals surface area (Å²) in [6.07, 6.45) is 2.49. The number of benzene rings is 2. The molecule has 0 aliphatic heterocycles. The fourth-order valence-corrected chi connectivity index (χ4v) is 2.97. The number of amides is 1. The third-order valence-corrected chi connectivity index (χ3v) is 4.73. The van der Waals surface area contributed by atoms with Crippen molar-refractivity contribution in [1.29, 1.82) is 0 Å². The molecule has 0 radical (unpaired) electrons. The third-order valence-electron chi connectivity index (χ3n) is 4.73. The van der Waals surface area contributed by atoms with Crippen molar-refractivity contribution in [1.82, 2.24) is 9.55 Å². The first-order valence-electron chi connectivity index (χ1n) is 9.79. The van der Waals surface area contributed by atoms with Crippen LogP contribution in [0.3, 0.4) is 0 Å². The van der Waals surface area contributed by atoms with Crippen LogP contribution < -0.4 is 21.9 Å². The summed E-state index contributed by atoms with van der Waals surface area (Å²) in [4.78, 5) is 52.1. The topological polar surface area (TPSA) is 127 Å². The first-order valence-corrected chi connectivity index (χ1v) is 9.79. The van der Waals surface area contributed by atoms with Crippen molar-refractivity contribution in [3.05, 3.63) is 98.5 Å². The Kier molecular flexibility index (Phi) is 7.19. The average molecular weight is 452 g/mol. The molecule has 0 spiro atoms. The molecule has 0 unspecified atom stereocenters. The summed E-state index contributed by atoms with van der Waals surface area (Å²) in [6, 6.07) is 14.4. The van der Waals surface area contributed by atoms with Crippen molar-refractivity contribution >= 4 is 29.5 Å². The number of rotatable bonds is 7. The van der Waals surface area contributed by atoms with Gasteiger partial charge in [0.25, 0.3) is 11.5 Å². The Morgan fingerprint density at radius 2 is 1.79 bits per heavy atom. The number of anilines is 2. The minimum absolute atomic E-state index is 0.0838. The van der Waals surface area contributed by atoms with Gasteiger partial charge in [0, 0.05) is 13.1 Å². The number of H-pyrrole nitrogens is 1. The van der Waals surface area contributed by atoms with Crippen molar-refractivity contribution in [3.63, 3.8) is 0 Å². The van der Waals surface area contributed by atoms with E-state index < -0.39 is 35.5 Å². The van der Waals surface area contributed by atoms with E-state index in [4.69, 9.17) is 10.5 Å². The molecule has 0 aliphatic carbocycles. The number of aromatic nitrogens is 2. The van der Waals surface area contributed by atoms with Gasteiger partial charge in [-0.05, 0) is 29.3 Å². The molecule has 0 aliphatic rings. The molecular weight excluding hydrogens is 431 g/mol. The highest BCUT2D eigenvalue weighted by atomic mass is 19.1. The largest absolute Gasteiger partial charge is 0.452 e. The van der Waals surface area contributed by atoms with Crippen molar-refractivity contribution in [2.24, 2.45) is 0 Å². The van der Waals surface area contributed by atoms with Gasteiger partial charge in [0.1, 0.15) is 11.6 Å². The predicted molar refractivity (Wildman–Crippen MR) is 121 cm³/mol. The number of nitrogens with zero attached hydrogens (tertiary/aromatic N) is 2. The lowest BCUT2D eigenvalue weighted by atomic mass is 10.2. The molecule has 3 rings (SSSR count). The van der Waals surface area contributed by atoms with E-state index in [-0.39, 0.29) is 18.1 Å². The number of halogens is 1. The number of likely N-dealkylation sites (N-methyl/N-ethyl adjacent to an activating group) is 1. The quantitative estimate of drug-likeness (QED) is 0.413. The number of carbonyl (C=O) groups excluding carboxylic acids is 2. The summed E-state index contributed by atoms with van der Waals surface area (Å²) < 4.78 is 19.0. The van der Waals surface area contributed by atoms with Gasteiger partial charge in [0.05, 0.1) is 6.54 Å². The molecule has 33 heavy (non-hydrogen) atoms. The van der Waals surface area contributed by atoms with Crippen LogP contribution in [-0.2, 0) is 20.9 Å². The highest BCUT2D eigenvalue weighted by Crippen LogP contribution is 2.16. The van der Waals surface area contributed by atoms with E-state index in [0.29, 0.717) is 5.56 Å². The van der Waals surface area contributed by atoms with Crippen molar-refractivity contribution in [2.75, 3.05) is 24.3 Å². The second-order valence-corrected chi connectivity index (χ2v) is 7.01. The second kappa shape index (κ2) is 10.2. The summed E-state index contributed by atoms with van der Waals surface area (Å²) in [6.45, 7) is -0.583. The molecule has 10 heteroatoms. The van der Waals surface area contributed by atoms with E-state index in [0.717, 1.165) is 21.1 Å². The summed E-state index contributed by atoms with van der Waals surface area (Å²) in [5, 5.41) is 0. The van der Waals surface area contributed by atoms with E-state index >= 15 is 0 Å². The molecule has 0 bridgehead atoms. The van der Waals surface area contributed by atoms with Crippen LogP contribution in [0.25, 0.3) is 6.08 Å². The van der Waals surface area contributed by atoms with E-state index in [1.807, 2.05) is 6.07 Å². The fraction of sp³-hybridized carbons (Fsp3) is 0.130. The molecule has 9 nitrogen and oxygen atoms in total. The molecule has 2 aromatic carbocycles. The monoisotopic (exact) mass is 452 g/mol. The van der Waals surface area contributed by atoms with Crippen LogP contribution in [-0.4, -0.2) is 35.1 Å². The predicted octanol–water partition coefficient (Wildman–Crippen LogP) is 1.53. The van der Waals surface area contributed by atoms with Gasteiger partial charge in [-0.2, -0.15) is 0 Å². The lowest BCUT2D eigenvalue weighted by Gasteiger charge is -2.20. The van der Waals surface area contributed by atoms with Crippen molar-refractivity contribution in [2.45, 2.75) is 6.54 Å². The van der Waals surface area contributed by atoms with E-state index in [9.17, 15) is 23.6 Å². The summed E-state index contributed by atoms with van der Waals surface area (Å²) in [5.74, 6) is -2.16. The van der Waals surface area contributed by atoms with Crippen LogP contribution in [0, 0.1) is 5.82 Å². The van der Waals surface area contributed by atoms with Gasteiger partial charge in [-0.3, -0.25) is 19.1 Å². The van der Waals surface area contributed by atoms with Crippen LogP contribution in [0.2, 0.25) is 0 Å². The molecule has 3 N–H and O–H groups in total. The van der Waals surface area contributed by atoms with Crippen molar-refractivity contribution < 1.29 is 18.7 Å². The van der Waals surface area contributed by atoms with E-state index in [1.54, 1.807) is 24.3 Å². The molecule has 3 aromatic rings. The first-order chi connectivity index (χ1) is 15.8. The lowest BCUT2D eigenvalue weighted by molar-refractivity contribution is -0.142. The normalized spacial score (nSPS) is 10.8. The zero-order valence-corrected chi connectivity index (χ0v) is 17.7. The Hall–Kier alpha value is -4.47. The first kappa shape index (κ1) is 23.2. The molecule has 0 saturated heterocycles. The number of hydrogen-bond donors (Lipinski definition) is 2. The van der Waals surface area contributed by atoms with Gasteiger partial charge in [-0.25, -0.2) is 14.0 Å². The Morgan fingerprint density at radius 3 is 2.45 bits per heavy atom. The molecule has 0 saturated carbocycles. The highest BCUT2D eigenvalue weighted by Gasteiger charge is 2.21. The molecule has 1 aromatic heterocycles. The van der Waals surface area contributed by atoms with Gasteiger partial charge in [0.15, 0.2) is 12.3 Å². The van der Waals surface area contributed by atoms with Crippen molar-refractivity contribution in [3.8, 4) is 0 Å². The zero-order chi connectivity index (χ0) is 24.0. The Balaban J connectivity index is 1.71. The zero-order valence-electron chi connectivity index (χ0n) is 17.7. The summed E-state index contributed by atoms with van der Waals surface area (Å²) >= 11 is 0. The highest BCUT2D eigenvalue weighted by molar-refractivity contribution is 5.97.